The average molecular weight is 909 g/mol. The van der Waals surface area contributed by atoms with E-state index in [1.54, 1.807) is 5.56 Å². The average Bonchev–Trinajstić information content (AvgIpc) is 4.18. The third kappa shape index (κ3) is 5.27. The zero-order valence-electron chi connectivity index (χ0n) is 42.1. The van der Waals surface area contributed by atoms with E-state index in [-0.39, 0.29) is 16.2 Å². The second-order valence-corrected chi connectivity index (χ2v) is 24.5. The standard InChI is InChI=1S/C66H60N4/c1-64(2,3)37-23-27-55-46(29-37)50-31-39(66(7,8)9)33-52-47-36-59-48(35-58(47)69(55)62(50)52)51-32-38(65(4,5)6)30-49-43-25-24-41(34-57(43)70(59)61(49)51)67(40-17-11-10-12-18-40)56-28-26-44-42-19-13-15-21-53(42)68-54-22-16-14-20-45(54)60(56)63(44)68/h10-12,14,16-18,20,22-36,42,53H,13,15,19,21H2,1-9H3. The van der Waals surface area contributed by atoms with Crippen LogP contribution in [0.25, 0.3) is 98.0 Å². The fraction of sp³-hybridized carbons (Fsp3) is 0.273. The highest BCUT2D eigenvalue weighted by atomic mass is 15.2. The predicted octanol–water partition coefficient (Wildman–Crippen LogP) is 18.7. The molecule has 0 bridgehead atoms. The maximum Gasteiger partial charge on any atom is 0.0620 e. The van der Waals surface area contributed by atoms with E-state index in [4.69, 9.17) is 0 Å². The van der Waals surface area contributed by atoms with Crippen molar-refractivity contribution in [3.63, 3.8) is 0 Å². The van der Waals surface area contributed by atoms with Gasteiger partial charge in [0.2, 0.25) is 0 Å². The van der Waals surface area contributed by atoms with Gasteiger partial charge in [0, 0.05) is 82.7 Å². The molecule has 4 heteroatoms. The Morgan fingerprint density at radius 2 is 0.957 bits per heavy atom. The summed E-state index contributed by atoms with van der Waals surface area (Å²) in [5.41, 5.74) is 19.8. The summed E-state index contributed by atoms with van der Waals surface area (Å²) in [5, 5.41) is 13.4. The Balaban J connectivity index is 1.05. The van der Waals surface area contributed by atoms with Crippen molar-refractivity contribution in [1.82, 2.24) is 13.4 Å². The summed E-state index contributed by atoms with van der Waals surface area (Å²) in [4.78, 5) is 2.56. The van der Waals surface area contributed by atoms with Crippen LogP contribution in [-0.4, -0.2) is 13.4 Å². The molecule has 1 aliphatic carbocycles. The lowest BCUT2D eigenvalue weighted by Gasteiger charge is -2.29. The van der Waals surface area contributed by atoms with E-state index in [0.29, 0.717) is 12.0 Å². The molecule has 2 unspecified atom stereocenters. The molecule has 4 nitrogen and oxygen atoms in total. The van der Waals surface area contributed by atoms with E-state index < -0.39 is 0 Å². The number of anilines is 3. The van der Waals surface area contributed by atoms with Crippen molar-refractivity contribution in [2.45, 2.75) is 116 Å². The van der Waals surface area contributed by atoms with Gasteiger partial charge in [-0.3, -0.25) is 0 Å². The first kappa shape index (κ1) is 40.8. The highest BCUT2D eigenvalue weighted by molar-refractivity contribution is 6.29. The fourth-order valence-electron chi connectivity index (χ4n) is 13.8. The lowest BCUT2D eigenvalue weighted by Crippen LogP contribution is -2.15. The lowest BCUT2D eigenvalue weighted by molar-refractivity contribution is 0.336. The molecule has 15 rings (SSSR count). The zero-order chi connectivity index (χ0) is 47.5. The maximum atomic E-state index is 2.75. The second-order valence-electron chi connectivity index (χ2n) is 24.5. The van der Waals surface area contributed by atoms with E-state index in [2.05, 4.69) is 220 Å². The van der Waals surface area contributed by atoms with Gasteiger partial charge in [0.05, 0.1) is 44.3 Å². The molecular formula is C66H60N4. The van der Waals surface area contributed by atoms with E-state index in [1.807, 2.05) is 0 Å². The van der Waals surface area contributed by atoms with Gasteiger partial charge < -0.3 is 18.3 Å². The number of para-hydroxylation sites is 2. The van der Waals surface area contributed by atoms with Crippen LogP contribution >= 0.6 is 0 Å². The summed E-state index contributed by atoms with van der Waals surface area (Å²) < 4.78 is 7.97. The molecule has 1 saturated carbocycles. The molecule has 0 saturated heterocycles. The van der Waals surface area contributed by atoms with Gasteiger partial charge >= 0.3 is 0 Å². The molecule has 0 spiro atoms. The number of rotatable bonds is 3. The van der Waals surface area contributed by atoms with Gasteiger partial charge in [-0.2, -0.15) is 0 Å². The number of aromatic nitrogens is 3. The quantitative estimate of drug-likeness (QED) is 0.173. The summed E-state index contributed by atoms with van der Waals surface area (Å²) in [6, 6.07) is 55.5. The number of hydrogen-bond donors (Lipinski definition) is 0. The third-order valence-corrected chi connectivity index (χ3v) is 17.3. The van der Waals surface area contributed by atoms with E-state index in [9.17, 15) is 0 Å². The normalized spacial score (nSPS) is 17.0. The summed E-state index contributed by atoms with van der Waals surface area (Å²) >= 11 is 0. The molecule has 2 aliphatic rings. The lowest BCUT2D eigenvalue weighted by atomic mass is 9.81. The smallest absolute Gasteiger partial charge is 0.0620 e. The molecule has 5 aromatic heterocycles. The van der Waals surface area contributed by atoms with Crippen LogP contribution in [0.3, 0.4) is 0 Å². The van der Waals surface area contributed by atoms with Crippen LogP contribution in [0.1, 0.15) is 122 Å². The fourth-order valence-corrected chi connectivity index (χ4v) is 13.8. The highest BCUT2D eigenvalue weighted by Gasteiger charge is 2.39. The number of hydrogen-bond acceptors (Lipinski definition) is 1. The first-order valence-corrected chi connectivity index (χ1v) is 26.0. The Morgan fingerprint density at radius 3 is 1.61 bits per heavy atom. The zero-order valence-corrected chi connectivity index (χ0v) is 42.1. The van der Waals surface area contributed by atoms with Crippen LogP contribution in [0.5, 0.6) is 0 Å². The Hall–Kier alpha value is -7.04. The van der Waals surface area contributed by atoms with Crippen molar-refractivity contribution >= 4 is 115 Å². The Kier molecular flexibility index (Phi) is 7.83. The summed E-state index contributed by atoms with van der Waals surface area (Å²) in [6.07, 6.45) is 5.15. The number of fused-ring (bicyclic) bond motifs is 18. The van der Waals surface area contributed by atoms with Crippen molar-refractivity contribution in [3.05, 3.63) is 162 Å². The van der Waals surface area contributed by atoms with Gasteiger partial charge in [-0.05, 0) is 136 Å². The molecule has 1 fully saturated rings. The van der Waals surface area contributed by atoms with Gasteiger partial charge in [-0.15, -0.1) is 0 Å². The van der Waals surface area contributed by atoms with Gasteiger partial charge in [0.25, 0.3) is 0 Å². The van der Waals surface area contributed by atoms with E-state index >= 15 is 0 Å². The van der Waals surface area contributed by atoms with Crippen molar-refractivity contribution in [2.24, 2.45) is 0 Å². The summed E-state index contributed by atoms with van der Waals surface area (Å²) in [5.74, 6) is 0.591. The van der Waals surface area contributed by atoms with Crippen LogP contribution in [0.2, 0.25) is 0 Å². The molecule has 0 N–H and O–H groups in total. The first-order chi connectivity index (χ1) is 33.6. The van der Waals surface area contributed by atoms with Crippen LogP contribution in [0, 0.1) is 0 Å². The topological polar surface area (TPSA) is 17.0 Å². The van der Waals surface area contributed by atoms with Crippen molar-refractivity contribution in [2.75, 3.05) is 4.90 Å². The maximum absolute atomic E-state index is 2.75. The molecule has 0 radical (unpaired) electrons. The van der Waals surface area contributed by atoms with Crippen LogP contribution in [0.4, 0.5) is 17.1 Å². The van der Waals surface area contributed by atoms with Crippen LogP contribution in [0.15, 0.2) is 140 Å². The largest absolute Gasteiger partial charge is 0.336 e. The Morgan fingerprint density at radius 1 is 0.400 bits per heavy atom. The second kappa shape index (κ2) is 13.4. The minimum atomic E-state index is -0.0340. The first-order valence-electron chi connectivity index (χ1n) is 26.0. The highest BCUT2D eigenvalue weighted by Crippen LogP contribution is 2.56. The molecule has 13 aromatic rings. The minimum absolute atomic E-state index is 0.0135. The molecule has 8 aromatic carbocycles. The van der Waals surface area contributed by atoms with Crippen molar-refractivity contribution < 1.29 is 0 Å². The van der Waals surface area contributed by atoms with Crippen molar-refractivity contribution in [3.8, 4) is 0 Å². The summed E-state index contributed by atoms with van der Waals surface area (Å²) in [7, 11) is 0. The molecule has 2 atom stereocenters. The molecule has 344 valence electrons. The van der Waals surface area contributed by atoms with Crippen molar-refractivity contribution in [1.29, 1.82) is 0 Å². The predicted molar refractivity (Wildman–Crippen MR) is 300 cm³/mol. The van der Waals surface area contributed by atoms with Gasteiger partial charge in [-0.1, -0.05) is 130 Å². The van der Waals surface area contributed by atoms with Gasteiger partial charge in [-0.25, -0.2) is 0 Å². The minimum Gasteiger partial charge on any atom is -0.336 e. The molecule has 70 heavy (non-hydrogen) atoms. The Bertz CT molecular complexity index is 4360. The number of benzene rings is 8. The van der Waals surface area contributed by atoms with Crippen LogP contribution < -0.4 is 4.90 Å². The van der Waals surface area contributed by atoms with Gasteiger partial charge in [0.15, 0.2) is 0 Å². The monoisotopic (exact) mass is 908 g/mol. The number of nitrogens with zero attached hydrogens (tertiary/aromatic N) is 4. The molecule has 6 heterocycles. The Labute approximate surface area is 409 Å². The molecular weight excluding hydrogens is 849 g/mol. The van der Waals surface area contributed by atoms with E-state index in [0.717, 1.165) is 0 Å². The third-order valence-electron chi connectivity index (χ3n) is 17.3. The molecule has 0 amide bonds. The van der Waals surface area contributed by atoms with E-state index in [1.165, 1.54) is 157 Å². The van der Waals surface area contributed by atoms with Crippen LogP contribution in [-0.2, 0) is 16.2 Å². The summed E-state index contributed by atoms with van der Waals surface area (Å²) in [6.45, 7) is 21.2. The molecule has 1 aliphatic heterocycles. The SMILES string of the molecule is CC(C)(C)c1ccc2c(c1)c1cc(C(C)(C)C)cc3c4cc5c(cc4n2c13)c1cc(C(C)(C)C)cc2c3ccc(N(c4ccccc4)c4ccc6c7c4c4ccccc4n7C4CCCCC64)cc3n5c21. The van der Waals surface area contributed by atoms with Gasteiger partial charge in [0.1, 0.15) is 0 Å².